The minimum Gasteiger partial charge on any atom is -0.392 e. The number of aromatic nitrogens is 1. The highest BCUT2D eigenvalue weighted by Gasteiger charge is 2.47. The largest absolute Gasteiger partial charge is 0.392 e. The van der Waals surface area contributed by atoms with Crippen molar-refractivity contribution in [3.63, 3.8) is 0 Å². The Kier molecular flexibility index (Phi) is 2.43. The number of aliphatic hydroxyl groups is 1. The first kappa shape index (κ1) is 10.4. The van der Waals surface area contributed by atoms with Crippen LogP contribution in [0.2, 0.25) is 0 Å². The Balaban J connectivity index is 2.05. The molecule has 15 heavy (non-hydrogen) atoms. The number of aryl methyl sites for hydroxylation is 1. The number of pyridine rings is 1. The molecule has 0 bridgehead atoms. The number of nitrogens with zero attached hydrogens (tertiary/aromatic N) is 1. The van der Waals surface area contributed by atoms with E-state index in [-0.39, 0.29) is 11.5 Å². The molecule has 1 aromatic rings. The molecule has 1 aliphatic carbocycles. The predicted molar refractivity (Wildman–Crippen MR) is 60.8 cm³/mol. The van der Waals surface area contributed by atoms with Gasteiger partial charge in [-0.1, -0.05) is 13.8 Å². The van der Waals surface area contributed by atoms with Gasteiger partial charge in [0.15, 0.2) is 0 Å². The fourth-order valence-corrected chi connectivity index (χ4v) is 1.94. The van der Waals surface area contributed by atoms with Gasteiger partial charge in [-0.15, -0.1) is 0 Å². The first-order chi connectivity index (χ1) is 7.00. The lowest BCUT2D eigenvalue weighted by Gasteiger charge is -2.49. The minimum atomic E-state index is -0.195. The van der Waals surface area contributed by atoms with Crippen LogP contribution in [0.3, 0.4) is 0 Å². The Morgan fingerprint density at radius 1 is 1.53 bits per heavy atom. The van der Waals surface area contributed by atoms with E-state index in [2.05, 4.69) is 24.1 Å². The average molecular weight is 206 g/mol. The molecule has 0 aromatic carbocycles. The van der Waals surface area contributed by atoms with Crippen molar-refractivity contribution in [2.75, 3.05) is 5.32 Å². The van der Waals surface area contributed by atoms with E-state index >= 15 is 0 Å². The molecular weight excluding hydrogens is 188 g/mol. The summed E-state index contributed by atoms with van der Waals surface area (Å²) in [4.78, 5) is 4.26. The maximum absolute atomic E-state index is 9.62. The summed E-state index contributed by atoms with van der Waals surface area (Å²) in [6.07, 6.45) is 2.42. The zero-order valence-electron chi connectivity index (χ0n) is 9.49. The number of hydrogen-bond donors (Lipinski definition) is 2. The van der Waals surface area contributed by atoms with Crippen LogP contribution in [0.5, 0.6) is 0 Å². The molecule has 0 spiro atoms. The molecule has 0 amide bonds. The first-order valence-electron chi connectivity index (χ1n) is 5.37. The molecule has 82 valence electrons. The third-order valence-corrected chi connectivity index (χ3v) is 3.45. The summed E-state index contributed by atoms with van der Waals surface area (Å²) in [5, 5.41) is 13.0. The van der Waals surface area contributed by atoms with E-state index in [1.807, 2.05) is 19.1 Å². The highest BCUT2D eigenvalue weighted by atomic mass is 16.3. The van der Waals surface area contributed by atoms with Crippen molar-refractivity contribution < 1.29 is 5.11 Å². The van der Waals surface area contributed by atoms with E-state index < -0.39 is 0 Å². The van der Waals surface area contributed by atoms with Gasteiger partial charge in [0.25, 0.3) is 0 Å². The summed E-state index contributed by atoms with van der Waals surface area (Å²) >= 11 is 0. The Labute approximate surface area is 90.5 Å². The first-order valence-corrected chi connectivity index (χ1v) is 5.37. The van der Waals surface area contributed by atoms with Gasteiger partial charge >= 0.3 is 0 Å². The third kappa shape index (κ3) is 1.84. The molecule has 0 saturated heterocycles. The van der Waals surface area contributed by atoms with Crippen molar-refractivity contribution in [2.24, 2.45) is 5.41 Å². The summed E-state index contributed by atoms with van der Waals surface area (Å²) < 4.78 is 0. The fourth-order valence-electron chi connectivity index (χ4n) is 1.94. The second kappa shape index (κ2) is 3.49. The third-order valence-electron chi connectivity index (χ3n) is 3.45. The van der Waals surface area contributed by atoms with Crippen LogP contribution >= 0.6 is 0 Å². The van der Waals surface area contributed by atoms with Crippen LogP contribution in [-0.2, 0) is 0 Å². The molecule has 1 fully saturated rings. The summed E-state index contributed by atoms with van der Waals surface area (Å²) in [5.74, 6) is 0.903. The van der Waals surface area contributed by atoms with Gasteiger partial charge in [-0.2, -0.15) is 0 Å². The molecule has 1 heterocycles. The molecule has 3 heteroatoms. The van der Waals surface area contributed by atoms with Crippen LogP contribution in [0.15, 0.2) is 18.3 Å². The van der Waals surface area contributed by atoms with Crippen LogP contribution in [0.1, 0.15) is 25.8 Å². The average Bonchev–Trinajstić information content (AvgIpc) is 2.17. The summed E-state index contributed by atoms with van der Waals surface area (Å²) in [7, 11) is 0. The summed E-state index contributed by atoms with van der Waals surface area (Å²) in [6, 6.07) is 4.33. The summed E-state index contributed by atoms with van der Waals surface area (Å²) in [5.41, 5.74) is 1.15. The molecule has 1 aliphatic rings. The van der Waals surface area contributed by atoms with Gasteiger partial charge in [-0.3, -0.25) is 0 Å². The molecule has 3 nitrogen and oxygen atoms in total. The van der Waals surface area contributed by atoms with Crippen LogP contribution in [-0.4, -0.2) is 22.2 Å². The van der Waals surface area contributed by atoms with Crippen LogP contribution in [0, 0.1) is 12.3 Å². The number of aliphatic hydroxyl groups excluding tert-OH is 1. The maximum Gasteiger partial charge on any atom is 0.126 e. The van der Waals surface area contributed by atoms with Gasteiger partial charge < -0.3 is 10.4 Å². The summed E-state index contributed by atoms with van der Waals surface area (Å²) in [6.45, 7) is 6.21. The minimum absolute atomic E-state index is 0.0502. The topological polar surface area (TPSA) is 45.2 Å². The second-order valence-corrected chi connectivity index (χ2v) is 4.99. The molecule has 2 N–H and O–H groups in total. The SMILES string of the molecule is Cc1ccnc(NC2CC(O)C2(C)C)c1. The van der Waals surface area contributed by atoms with Crippen molar-refractivity contribution in [3.05, 3.63) is 23.9 Å². The van der Waals surface area contributed by atoms with Crippen molar-refractivity contribution in [2.45, 2.75) is 39.3 Å². The van der Waals surface area contributed by atoms with Gasteiger partial charge in [0.2, 0.25) is 0 Å². The van der Waals surface area contributed by atoms with Crippen molar-refractivity contribution in [3.8, 4) is 0 Å². The van der Waals surface area contributed by atoms with E-state index in [9.17, 15) is 5.11 Å². The maximum atomic E-state index is 9.62. The zero-order valence-corrected chi connectivity index (χ0v) is 9.49. The Hall–Kier alpha value is -1.09. The lowest BCUT2D eigenvalue weighted by Crippen LogP contribution is -2.57. The van der Waals surface area contributed by atoms with E-state index in [4.69, 9.17) is 0 Å². The van der Waals surface area contributed by atoms with E-state index in [1.165, 1.54) is 5.56 Å². The Morgan fingerprint density at radius 2 is 2.27 bits per heavy atom. The van der Waals surface area contributed by atoms with Gasteiger partial charge in [0.05, 0.1) is 6.10 Å². The smallest absolute Gasteiger partial charge is 0.126 e. The van der Waals surface area contributed by atoms with E-state index in [0.717, 1.165) is 12.2 Å². The molecule has 1 aromatic heterocycles. The number of anilines is 1. The lowest BCUT2D eigenvalue weighted by molar-refractivity contribution is -0.0511. The molecule has 2 atom stereocenters. The highest BCUT2D eigenvalue weighted by Crippen LogP contribution is 2.41. The predicted octanol–water partition coefficient (Wildman–Crippen LogP) is 1.96. The van der Waals surface area contributed by atoms with Gasteiger partial charge in [-0.05, 0) is 31.0 Å². The molecule has 2 rings (SSSR count). The van der Waals surface area contributed by atoms with Gasteiger partial charge in [-0.25, -0.2) is 4.98 Å². The Morgan fingerprint density at radius 3 is 2.80 bits per heavy atom. The van der Waals surface area contributed by atoms with E-state index in [0.29, 0.717) is 6.04 Å². The lowest BCUT2D eigenvalue weighted by atomic mass is 9.64. The van der Waals surface area contributed by atoms with E-state index in [1.54, 1.807) is 6.20 Å². The zero-order chi connectivity index (χ0) is 11.1. The number of rotatable bonds is 2. The quantitative estimate of drug-likeness (QED) is 0.777. The van der Waals surface area contributed by atoms with Crippen LogP contribution < -0.4 is 5.32 Å². The highest BCUT2D eigenvalue weighted by molar-refractivity contribution is 5.39. The molecule has 0 radical (unpaired) electrons. The number of nitrogens with one attached hydrogen (secondary N) is 1. The Bertz CT molecular complexity index is 362. The molecule has 0 aliphatic heterocycles. The van der Waals surface area contributed by atoms with Crippen molar-refractivity contribution >= 4 is 5.82 Å². The standard InChI is InChI=1S/C12H18N2O/c1-8-4-5-13-11(6-8)14-9-7-10(15)12(9,2)3/h4-6,9-10,15H,7H2,1-3H3,(H,13,14). The van der Waals surface area contributed by atoms with Crippen molar-refractivity contribution in [1.29, 1.82) is 0 Å². The normalized spacial score (nSPS) is 28.3. The van der Waals surface area contributed by atoms with Gasteiger partial charge in [0.1, 0.15) is 5.82 Å². The van der Waals surface area contributed by atoms with Crippen LogP contribution in [0.4, 0.5) is 5.82 Å². The monoisotopic (exact) mass is 206 g/mol. The second-order valence-electron chi connectivity index (χ2n) is 4.99. The van der Waals surface area contributed by atoms with Crippen LogP contribution in [0.25, 0.3) is 0 Å². The molecule has 1 saturated carbocycles. The van der Waals surface area contributed by atoms with Gasteiger partial charge in [0, 0.05) is 17.7 Å². The molecular formula is C12H18N2O. The molecule has 2 unspecified atom stereocenters. The number of hydrogen-bond acceptors (Lipinski definition) is 3. The van der Waals surface area contributed by atoms with Crippen molar-refractivity contribution in [1.82, 2.24) is 4.98 Å². The fraction of sp³-hybridized carbons (Fsp3) is 0.583.